The average Bonchev–Trinajstić information content (AvgIpc) is 3.18. The largest absolute Gasteiger partial charge is 0.433 e. The van der Waals surface area contributed by atoms with Crippen LogP contribution in [0.4, 0.5) is 13.2 Å². The summed E-state index contributed by atoms with van der Waals surface area (Å²) in [6, 6.07) is 6.50. The molecule has 0 amide bonds. The highest BCUT2D eigenvalue weighted by Gasteiger charge is 2.59. The molecule has 0 radical (unpaired) electrons. The van der Waals surface area contributed by atoms with Crippen LogP contribution in [0.25, 0.3) is 11.4 Å². The van der Waals surface area contributed by atoms with E-state index in [2.05, 4.69) is 15.0 Å². The second-order valence-corrected chi connectivity index (χ2v) is 14.0. The fourth-order valence-electron chi connectivity index (χ4n) is 7.34. The number of sulfone groups is 1. The Morgan fingerprint density at radius 3 is 2.50 bits per heavy atom. The molecule has 0 bridgehead atoms. The number of rotatable bonds is 4. The summed E-state index contributed by atoms with van der Waals surface area (Å²) in [7, 11) is -2.90. The Bertz CT molecular complexity index is 1260. The third kappa shape index (κ3) is 4.27. The lowest BCUT2D eigenvalue weighted by Gasteiger charge is -2.43. The van der Waals surface area contributed by atoms with E-state index in [1.54, 1.807) is 6.07 Å². The van der Waals surface area contributed by atoms with Crippen molar-refractivity contribution in [2.45, 2.75) is 70.1 Å². The van der Waals surface area contributed by atoms with E-state index in [0.717, 1.165) is 57.0 Å². The first-order chi connectivity index (χ1) is 16.9. The van der Waals surface area contributed by atoms with Gasteiger partial charge in [-0.1, -0.05) is 6.07 Å². The molecule has 196 valence electrons. The topological polar surface area (TPSA) is 68.1 Å². The van der Waals surface area contributed by atoms with Crippen LogP contribution in [-0.2, 0) is 16.0 Å². The molecule has 2 aliphatic heterocycles. The molecular formula is C26H33F3N4O2S. The summed E-state index contributed by atoms with van der Waals surface area (Å²) >= 11 is 0. The van der Waals surface area contributed by atoms with Gasteiger partial charge >= 0.3 is 6.18 Å². The summed E-state index contributed by atoms with van der Waals surface area (Å²) in [5.41, 5.74) is 0.892. The van der Waals surface area contributed by atoms with E-state index < -0.39 is 21.7 Å². The molecule has 36 heavy (non-hydrogen) atoms. The molecule has 2 aromatic heterocycles. The molecule has 6 nitrogen and oxygen atoms in total. The van der Waals surface area contributed by atoms with Gasteiger partial charge in [0.25, 0.3) is 0 Å². The van der Waals surface area contributed by atoms with E-state index in [0.29, 0.717) is 41.0 Å². The van der Waals surface area contributed by atoms with Crippen molar-refractivity contribution < 1.29 is 21.6 Å². The average molecular weight is 523 g/mol. The number of alkyl halides is 3. The van der Waals surface area contributed by atoms with Crippen LogP contribution in [0.5, 0.6) is 0 Å². The molecule has 0 unspecified atom stereocenters. The first-order valence-electron chi connectivity index (χ1n) is 13.0. The predicted molar refractivity (Wildman–Crippen MR) is 130 cm³/mol. The number of fused-ring (bicyclic) bond motifs is 1. The Labute approximate surface area is 210 Å². The van der Waals surface area contributed by atoms with Gasteiger partial charge in [0, 0.05) is 30.2 Å². The van der Waals surface area contributed by atoms with Gasteiger partial charge in [0.2, 0.25) is 0 Å². The number of likely N-dealkylation sites (tertiary alicyclic amines) is 1. The van der Waals surface area contributed by atoms with E-state index in [9.17, 15) is 21.6 Å². The molecule has 4 aliphatic rings. The number of hydrogen-bond donors (Lipinski definition) is 0. The SMILES string of the molecule is CC(C)n1nc(-c2cccc(C(F)(F)F)n2)cc1[C@H]1[C@@H]2C[C@@H](N3CCC[C@]4(CCS(=O)(=O)C4)C3)C[C@@H]21. The van der Waals surface area contributed by atoms with Crippen LogP contribution < -0.4 is 0 Å². The molecule has 5 atom stereocenters. The van der Waals surface area contributed by atoms with Gasteiger partial charge in [-0.25, -0.2) is 13.4 Å². The second kappa shape index (κ2) is 8.28. The Morgan fingerprint density at radius 2 is 1.86 bits per heavy atom. The fraction of sp³-hybridized carbons (Fsp3) is 0.692. The highest BCUT2D eigenvalue weighted by Crippen LogP contribution is 2.64. The van der Waals surface area contributed by atoms with Gasteiger partial charge in [-0.15, -0.1) is 0 Å². The van der Waals surface area contributed by atoms with Gasteiger partial charge in [-0.3, -0.25) is 9.58 Å². The lowest BCUT2D eigenvalue weighted by Crippen LogP contribution is -2.48. The molecule has 4 fully saturated rings. The Kier molecular flexibility index (Phi) is 5.61. The molecule has 6 rings (SSSR count). The van der Waals surface area contributed by atoms with Gasteiger partial charge in [0.1, 0.15) is 11.4 Å². The second-order valence-electron chi connectivity index (χ2n) is 11.8. The van der Waals surface area contributed by atoms with Crippen LogP contribution in [0.15, 0.2) is 24.3 Å². The van der Waals surface area contributed by atoms with Gasteiger partial charge < -0.3 is 0 Å². The third-order valence-electron chi connectivity index (χ3n) is 8.99. The van der Waals surface area contributed by atoms with Crippen LogP contribution in [0.3, 0.4) is 0 Å². The van der Waals surface area contributed by atoms with E-state index in [4.69, 9.17) is 0 Å². The quantitative estimate of drug-likeness (QED) is 0.569. The first-order valence-corrected chi connectivity index (χ1v) is 14.9. The van der Waals surface area contributed by atoms with Crippen LogP contribution in [0.2, 0.25) is 0 Å². The molecule has 2 saturated heterocycles. The maximum Gasteiger partial charge on any atom is 0.433 e. The summed E-state index contributed by atoms with van der Waals surface area (Å²) in [4.78, 5) is 6.41. The van der Waals surface area contributed by atoms with Crippen LogP contribution in [0, 0.1) is 17.3 Å². The molecule has 2 saturated carbocycles. The molecule has 2 aliphatic carbocycles. The van der Waals surface area contributed by atoms with E-state index in [1.165, 1.54) is 6.07 Å². The normalized spacial score (nSPS) is 33.9. The Hall–Kier alpha value is -1.94. The zero-order valence-corrected chi connectivity index (χ0v) is 21.5. The Balaban J connectivity index is 1.18. The highest BCUT2D eigenvalue weighted by molar-refractivity contribution is 7.91. The van der Waals surface area contributed by atoms with Crippen molar-refractivity contribution in [1.29, 1.82) is 0 Å². The summed E-state index contributed by atoms with van der Waals surface area (Å²) in [5.74, 6) is 2.16. The monoisotopic (exact) mass is 522 g/mol. The Morgan fingerprint density at radius 1 is 1.11 bits per heavy atom. The van der Waals surface area contributed by atoms with Crippen LogP contribution in [0.1, 0.15) is 69.3 Å². The molecule has 1 spiro atoms. The molecule has 4 heterocycles. The summed E-state index contributed by atoms with van der Waals surface area (Å²) in [6.45, 7) is 6.04. The smallest absolute Gasteiger partial charge is 0.300 e. The minimum absolute atomic E-state index is 0.0492. The van der Waals surface area contributed by atoms with Crippen molar-refractivity contribution in [2.75, 3.05) is 24.6 Å². The van der Waals surface area contributed by atoms with Crippen molar-refractivity contribution in [1.82, 2.24) is 19.7 Å². The standard InChI is InChI=1S/C26H33F3N4O2S/c1-16(2)33-22(13-21(31-33)20-5-3-6-23(30-20)26(27,28)29)24-18-11-17(12-19(18)24)32-9-4-7-25(14-32)8-10-36(34,35)15-25/h3,5-6,13,16-19,24H,4,7-12,14-15H2,1-2H3/t17-,18-,19+,24+,25-/m0/s1. The maximum absolute atomic E-state index is 13.2. The van der Waals surface area contributed by atoms with Gasteiger partial charge in [-0.05, 0) is 87.9 Å². The molecular weight excluding hydrogens is 489 g/mol. The molecule has 10 heteroatoms. The van der Waals surface area contributed by atoms with E-state index >= 15 is 0 Å². The number of halogens is 3. The lowest BCUT2D eigenvalue weighted by molar-refractivity contribution is -0.141. The highest BCUT2D eigenvalue weighted by atomic mass is 32.2. The number of hydrogen-bond acceptors (Lipinski definition) is 5. The first kappa shape index (κ1) is 24.4. The number of piperidine rings is 1. The number of aromatic nitrogens is 3. The van der Waals surface area contributed by atoms with Gasteiger partial charge in [0.15, 0.2) is 9.84 Å². The zero-order valence-electron chi connectivity index (χ0n) is 20.7. The minimum atomic E-state index is -4.49. The zero-order chi connectivity index (χ0) is 25.5. The van der Waals surface area contributed by atoms with Gasteiger partial charge in [-0.2, -0.15) is 18.3 Å². The lowest BCUT2D eigenvalue weighted by atomic mass is 9.79. The van der Waals surface area contributed by atoms with Crippen molar-refractivity contribution in [3.8, 4) is 11.4 Å². The van der Waals surface area contributed by atoms with Crippen molar-refractivity contribution >= 4 is 9.84 Å². The molecule has 2 aromatic rings. The number of nitrogens with zero attached hydrogens (tertiary/aromatic N) is 4. The maximum atomic E-state index is 13.2. The fourth-order valence-corrected chi connectivity index (χ4v) is 9.54. The summed E-state index contributed by atoms with van der Waals surface area (Å²) < 4.78 is 65.9. The van der Waals surface area contributed by atoms with Gasteiger partial charge in [0.05, 0.1) is 17.2 Å². The van der Waals surface area contributed by atoms with E-state index in [-0.39, 0.29) is 17.2 Å². The molecule has 0 aromatic carbocycles. The third-order valence-corrected chi connectivity index (χ3v) is 10.9. The van der Waals surface area contributed by atoms with Crippen LogP contribution >= 0.6 is 0 Å². The predicted octanol–water partition coefficient (Wildman–Crippen LogP) is 4.94. The molecule has 0 N–H and O–H groups in total. The van der Waals surface area contributed by atoms with E-state index in [1.807, 2.05) is 24.6 Å². The minimum Gasteiger partial charge on any atom is -0.300 e. The summed E-state index contributed by atoms with van der Waals surface area (Å²) in [6.07, 6.45) is 0.589. The number of pyridine rings is 1. The van der Waals surface area contributed by atoms with Crippen LogP contribution in [-0.4, -0.2) is 58.7 Å². The summed E-state index contributed by atoms with van der Waals surface area (Å²) in [5, 5.41) is 4.68. The van der Waals surface area contributed by atoms with Crippen molar-refractivity contribution in [2.24, 2.45) is 17.3 Å². The van der Waals surface area contributed by atoms with Crippen molar-refractivity contribution in [3.05, 3.63) is 35.7 Å². The van der Waals surface area contributed by atoms with Crippen molar-refractivity contribution in [3.63, 3.8) is 0 Å².